The number of nitrogens with one attached hydrogen (secondary N) is 3. The Bertz CT molecular complexity index is 2890. The van der Waals surface area contributed by atoms with Crippen molar-refractivity contribution in [1.82, 2.24) is 15.0 Å². The van der Waals surface area contributed by atoms with Crippen LogP contribution in [0.1, 0.15) is 101 Å². The fourth-order valence-electron chi connectivity index (χ4n) is 14.0. The number of amides is 1. The van der Waals surface area contributed by atoms with Crippen LogP contribution in [0.5, 0.6) is 17.2 Å². The number of H-pyrrole nitrogens is 2. The second-order valence-electron chi connectivity index (χ2n) is 20.6. The number of benzene rings is 3. The van der Waals surface area contributed by atoms with Crippen LogP contribution in [-0.4, -0.2) is 135 Å². The standard InChI is InChI=1S/C53H60N6O13/c54-41-13-10-28-17-26-9-11-35(52(28,41)34-5-2-1-4-29(26)34)44-32-19-38(63)39(71-53(70)50(67)49(66)48(65)40(23-61)72-53)20-36(32)59(47(44)51(68)69)43(64)14-8-25-7-12-37(62)30(16-25)31-18-27(22-60)33(46-45(31)57-24-58-46)21-56-42-6-3-15-55-42/h1-8,12,14-16,19-20,24,26-28,31,33,35,40-41,44,47-50,55-56,60-63,65-67,70H,9-11,13,17-18,21-23,54H2,(H,57,58)(H,68,69). The Morgan fingerprint density at radius 1 is 0.917 bits per heavy atom. The topological polar surface area (TPSA) is 320 Å². The number of aliphatic hydroxyl groups is 6. The van der Waals surface area contributed by atoms with Gasteiger partial charge in [-0.25, -0.2) is 9.78 Å². The van der Waals surface area contributed by atoms with Crippen LogP contribution in [-0.2, 0) is 19.7 Å². The number of nitrogens with two attached hydrogens (primary N) is 1. The van der Waals surface area contributed by atoms with Crippen molar-refractivity contribution in [1.29, 1.82) is 0 Å². The van der Waals surface area contributed by atoms with Gasteiger partial charge in [-0.15, -0.1) is 0 Å². The molecule has 2 saturated carbocycles. The highest BCUT2D eigenvalue weighted by atomic mass is 16.8. The lowest BCUT2D eigenvalue weighted by atomic mass is 9.54. The normalized spacial score (nSPS) is 34.5. The molecule has 2 aromatic heterocycles. The number of aliphatic carboxylic acids is 1. The van der Waals surface area contributed by atoms with E-state index in [0.717, 1.165) is 46.9 Å². The molecule has 12 rings (SSSR count). The predicted octanol–water partition coefficient (Wildman–Crippen LogP) is 3.16. The molecule has 1 saturated heterocycles. The lowest BCUT2D eigenvalue weighted by Gasteiger charge is -2.51. The third kappa shape index (κ3) is 7.51. The summed E-state index contributed by atoms with van der Waals surface area (Å²) >= 11 is 0. The van der Waals surface area contributed by atoms with Gasteiger partial charge in [-0.2, -0.15) is 0 Å². The maximum atomic E-state index is 15.1. The number of phenols is 2. The SMILES string of the molecule is NC1CCC2CC3CCC(C4c5cc(O)c(OC6(O)OC(CO)C(O)C(O)C6O)cc5N(C(=O)C=Cc5ccc(O)c(C6CC(CO)C(CNc7ccc[nH]7)c7nc[nH]c76)c5)C4C(=O)O)C12c1ccccc13. The Morgan fingerprint density at radius 3 is 2.50 bits per heavy atom. The average Bonchev–Trinajstić information content (AvgIpc) is 4.18. The van der Waals surface area contributed by atoms with E-state index in [1.807, 2.05) is 30.5 Å². The molecular formula is C53H60N6O13. The molecule has 15 unspecified atom stereocenters. The molecule has 19 nitrogen and oxygen atoms in total. The molecule has 5 aliphatic carbocycles. The van der Waals surface area contributed by atoms with Gasteiger partial charge in [0.25, 0.3) is 5.91 Å². The van der Waals surface area contributed by atoms with Crippen LogP contribution in [0.2, 0.25) is 0 Å². The van der Waals surface area contributed by atoms with Crippen molar-refractivity contribution in [3.05, 3.63) is 125 Å². The number of nitrogens with zero attached hydrogens (tertiary/aromatic N) is 2. The van der Waals surface area contributed by atoms with Crippen molar-refractivity contribution in [2.24, 2.45) is 23.5 Å². The number of aliphatic hydroxyl groups excluding tert-OH is 5. The number of ether oxygens (including phenoxy) is 2. The van der Waals surface area contributed by atoms with Gasteiger partial charge in [0.2, 0.25) is 0 Å². The van der Waals surface area contributed by atoms with E-state index in [1.165, 1.54) is 35.9 Å². The van der Waals surface area contributed by atoms with Gasteiger partial charge >= 0.3 is 11.9 Å². The summed E-state index contributed by atoms with van der Waals surface area (Å²) in [7, 11) is 0. The molecule has 1 amide bonds. The highest BCUT2D eigenvalue weighted by molar-refractivity contribution is 6.10. The third-order valence-corrected chi connectivity index (χ3v) is 17.1. The lowest BCUT2D eigenvalue weighted by molar-refractivity contribution is -0.422. The summed E-state index contributed by atoms with van der Waals surface area (Å²) in [5, 5.41) is 102. The van der Waals surface area contributed by atoms with E-state index < -0.39 is 89.6 Å². The minimum Gasteiger partial charge on any atom is -0.508 e. The monoisotopic (exact) mass is 988 g/mol. The Hall–Kier alpha value is -6.29. The number of fused-ring (bicyclic) bond motifs is 4. The number of anilines is 2. The molecule has 3 fully saturated rings. The summed E-state index contributed by atoms with van der Waals surface area (Å²) in [6.45, 7) is -0.538. The minimum absolute atomic E-state index is 0.0127. The smallest absolute Gasteiger partial charge is 0.355 e. The van der Waals surface area contributed by atoms with Gasteiger partial charge in [-0.1, -0.05) is 30.3 Å². The summed E-state index contributed by atoms with van der Waals surface area (Å²) in [5.41, 5.74) is 11.7. The summed E-state index contributed by atoms with van der Waals surface area (Å²) in [6.07, 6.45) is 2.49. The number of carbonyl (C=O) groups is 2. The Labute approximate surface area is 413 Å². The van der Waals surface area contributed by atoms with Crippen molar-refractivity contribution >= 4 is 29.5 Å². The summed E-state index contributed by atoms with van der Waals surface area (Å²) in [6, 6.07) is 17.5. The van der Waals surface area contributed by atoms with E-state index in [9.17, 15) is 50.8 Å². The zero-order chi connectivity index (χ0) is 50.4. The maximum Gasteiger partial charge on any atom is 0.355 e. The second kappa shape index (κ2) is 18.3. The number of imidazole rings is 1. The first-order chi connectivity index (χ1) is 34.7. The molecule has 3 aromatic carbocycles. The second-order valence-corrected chi connectivity index (χ2v) is 20.6. The highest BCUT2D eigenvalue weighted by Crippen LogP contribution is 2.67. The summed E-state index contributed by atoms with van der Waals surface area (Å²) in [4.78, 5) is 41.4. The molecule has 14 N–H and O–H groups in total. The number of hydrogen-bond acceptors (Lipinski definition) is 15. The molecule has 7 aliphatic rings. The number of carbonyl (C=O) groups excluding carboxylic acids is 1. The zero-order valence-electron chi connectivity index (χ0n) is 39.2. The Kier molecular flexibility index (Phi) is 12.2. The van der Waals surface area contributed by atoms with E-state index in [2.05, 4.69) is 32.4 Å². The number of phenolic OH excluding ortho intramolecular Hbond substituents is 2. The molecule has 5 aromatic rings. The number of rotatable bonds is 12. The third-order valence-electron chi connectivity index (χ3n) is 17.1. The van der Waals surface area contributed by atoms with Crippen LogP contribution in [0.15, 0.2) is 85.3 Å². The quantitative estimate of drug-likeness (QED) is 0.0631. The molecule has 2 bridgehead atoms. The zero-order valence-corrected chi connectivity index (χ0v) is 39.2. The molecule has 380 valence electrons. The van der Waals surface area contributed by atoms with Crippen LogP contribution >= 0.6 is 0 Å². The number of aromatic nitrogens is 3. The van der Waals surface area contributed by atoms with E-state index in [0.29, 0.717) is 42.5 Å². The number of aromatic hydroxyl groups is 2. The van der Waals surface area contributed by atoms with Crippen molar-refractivity contribution in [3.8, 4) is 17.2 Å². The fraction of sp³-hybridized carbons (Fsp3) is 0.453. The van der Waals surface area contributed by atoms with Gasteiger partial charge in [-0.05, 0) is 121 Å². The fourth-order valence-corrected chi connectivity index (χ4v) is 14.0. The van der Waals surface area contributed by atoms with Crippen molar-refractivity contribution in [2.75, 3.05) is 30.0 Å². The number of hydrogen-bond donors (Lipinski definition) is 13. The van der Waals surface area contributed by atoms with Gasteiger partial charge < -0.3 is 76.5 Å². The largest absolute Gasteiger partial charge is 0.508 e. The van der Waals surface area contributed by atoms with Gasteiger partial charge in [0, 0.05) is 72.0 Å². The predicted molar refractivity (Wildman–Crippen MR) is 259 cm³/mol. The van der Waals surface area contributed by atoms with E-state index >= 15 is 4.79 Å². The Balaban J connectivity index is 0.979. The van der Waals surface area contributed by atoms with Crippen molar-refractivity contribution in [3.63, 3.8) is 0 Å². The number of aromatic amines is 2. The first-order valence-electron chi connectivity index (χ1n) is 24.7. The van der Waals surface area contributed by atoms with Crippen molar-refractivity contribution in [2.45, 2.75) is 110 Å². The summed E-state index contributed by atoms with van der Waals surface area (Å²) < 4.78 is 11.1. The van der Waals surface area contributed by atoms with E-state index in [-0.39, 0.29) is 47.8 Å². The number of carboxylic acid groups (broad SMARTS) is 1. The van der Waals surface area contributed by atoms with Crippen molar-refractivity contribution < 1.29 is 65.0 Å². The van der Waals surface area contributed by atoms with Crippen LogP contribution in [0, 0.1) is 17.8 Å². The molecule has 19 heteroatoms. The van der Waals surface area contributed by atoms with Gasteiger partial charge in [-0.3, -0.25) is 9.69 Å². The van der Waals surface area contributed by atoms with Crippen LogP contribution < -0.4 is 20.7 Å². The lowest BCUT2D eigenvalue weighted by Crippen LogP contribution is -2.67. The molecule has 15 atom stereocenters. The average molecular weight is 989 g/mol. The number of carboxylic acids is 1. The first kappa shape index (κ1) is 48.0. The molecule has 0 radical (unpaired) electrons. The first-order valence-corrected chi connectivity index (χ1v) is 24.7. The van der Waals surface area contributed by atoms with Gasteiger partial charge in [0.05, 0.1) is 24.3 Å². The van der Waals surface area contributed by atoms with Crippen LogP contribution in [0.25, 0.3) is 6.08 Å². The molecule has 72 heavy (non-hydrogen) atoms. The Morgan fingerprint density at radius 2 is 1.74 bits per heavy atom. The van der Waals surface area contributed by atoms with Gasteiger partial charge in [0.1, 0.15) is 35.9 Å². The molecule has 1 spiro atoms. The minimum atomic E-state index is -3.15. The van der Waals surface area contributed by atoms with Gasteiger partial charge in [0.15, 0.2) is 17.6 Å². The van der Waals surface area contributed by atoms with E-state index in [1.54, 1.807) is 18.5 Å². The van der Waals surface area contributed by atoms with Crippen LogP contribution in [0.4, 0.5) is 11.5 Å². The maximum absolute atomic E-state index is 15.1. The highest BCUT2D eigenvalue weighted by Gasteiger charge is 2.65. The molecular weight excluding hydrogens is 929 g/mol. The van der Waals surface area contributed by atoms with E-state index in [4.69, 9.17) is 15.2 Å². The molecule has 4 heterocycles. The summed E-state index contributed by atoms with van der Waals surface area (Å²) in [5.74, 6) is -7.45. The van der Waals surface area contributed by atoms with Crippen LogP contribution in [0.3, 0.4) is 0 Å². The molecule has 2 aliphatic heterocycles.